The minimum atomic E-state index is -1.29. The summed E-state index contributed by atoms with van der Waals surface area (Å²) in [5.41, 5.74) is 8.10. The molecule has 0 amide bonds. The van der Waals surface area contributed by atoms with Crippen molar-refractivity contribution in [3.05, 3.63) is 11.6 Å². The molecule has 11 heteroatoms. The maximum Gasteiger partial charge on any atom is 0.211 e. The van der Waals surface area contributed by atoms with Crippen LogP contribution in [0.4, 0.5) is 0 Å². The highest BCUT2D eigenvalue weighted by Crippen LogP contribution is 2.33. The molecule has 110 valence electrons. The molecule has 0 bridgehead atoms. The van der Waals surface area contributed by atoms with E-state index >= 15 is 0 Å². The van der Waals surface area contributed by atoms with Crippen molar-refractivity contribution in [2.24, 2.45) is 10.7 Å². The number of nitrogens with two attached hydrogens (primary N) is 1. The predicted molar refractivity (Wildman–Crippen MR) is 62.7 cm³/mol. The maximum absolute atomic E-state index is 9.95. The third kappa shape index (κ3) is 1.83. The van der Waals surface area contributed by atoms with E-state index in [1.54, 1.807) is 0 Å². The van der Waals surface area contributed by atoms with Gasteiger partial charge in [0.05, 0.1) is 6.61 Å². The van der Waals surface area contributed by atoms with Crippen molar-refractivity contribution in [3.63, 3.8) is 0 Å². The summed E-state index contributed by atoms with van der Waals surface area (Å²) in [6, 6.07) is 0. The van der Waals surface area contributed by atoms with Gasteiger partial charge in [-0.2, -0.15) is 0 Å². The molecule has 0 radical (unpaired) electrons. The molecule has 1 aromatic heterocycles. The Bertz CT molecular complexity index is 547. The smallest absolute Gasteiger partial charge is 0.211 e. The normalized spacial score (nSPS) is 36.4. The first-order valence-corrected chi connectivity index (χ1v) is 5.89. The van der Waals surface area contributed by atoms with Gasteiger partial charge in [0.1, 0.15) is 24.4 Å². The number of aliphatic hydroxyl groups excluding tert-OH is 4. The Balaban J connectivity index is 1.94. The summed E-state index contributed by atoms with van der Waals surface area (Å²) in [6.45, 7) is -0.449. The number of hydrogen-bond acceptors (Lipinski definition) is 10. The second-order valence-electron chi connectivity index (χ2n) is 4.51. The van der Waals surface area contributed by atoms with Crippen molar-refractivity contribution in [1.82, 2.24) is 14.9 Å². The fourth-order valence-corrected chi connectivity index (χ4v) is 2.22. The molecule has 0 aliphatic carbocycles. The number of aromatic nitrogens is 3. The largest absolute Gasteiger partial charge is 0.394 e. The Kier molecular flexibility index (Phi) is 3.07. The lowest BCUT2D eigenvalue weighted by Crippen LogP contribution is -2.38. The third-order valence-corrected chi connectivity index (χ3v) is 3.23. The number of hydrogen-bond donors (Lipinski definition) is 6. The van der Waals surface area contributed by atoms with Crippen molar-refractivity contribution in [1.29, 1.82) is 0 Å². The number of ether oxygens (including phenoxy) is 1. The van der Waals surface area contributed by atoms with Crippen LogP contribution in [0.15, 0.2) is 4.99 Å². The summed E-state index contributed by atoms with van der Waals surface area (Å²) >= 11 is 0. The highest BCUT2D eigenvalue weighted by Gasteiger charge is 2.46. The Morgan fingerprint density at radius 3 is 2.55 bits per heavy atom. The van der Waals surface area contributed by atoms with Crippen molar-refractivity contribution in [2.75, 3.05) is 12.0 Å². The molecule has 3 heterocycles. The van der Waals surface area contributed by atoms with Crippen molar-refractivity contribution >= 4 is 5.96 Å². The lowest BCUT2D eigenvalue weighted by Gasteiger charge is -2.21. The SMILES string of the molecule is NC1=NC(O)c2nnc([C@@H]3O[C@H](CO)[C@@H](O)[C@H]3O)n2N1. The van der Waals surface area contributed by atoms with Gasteiger partial charge in [0.2, 0.25) is 18.0 Å². The number of guanidine groups is 1. The maximum atomic E-state index is 9.95. The van der Waals surface area contributed by atoms with Gasteiger partial charge in [-0.25, -0.2) is 9.67 Å². The van der Waals surface area contributed by atoms with Gasteiger partial charge in [0.15, 0.2) is 5.82 Å². The van der Waals surface area contributed by atoms with Crippen LogP contribution < -0.4 is 11.2 Å². The summed E-state index contributed by atoms with van der Waals surface area (Å²) in [5, 5.41) is 45.9. The minimum absolute atomic E-state index is 0.0576. The van der Waals surface area contributed by atoms with Crippen LogP contribution in [0.25, 0.3) is 0 Å². The third-order valence-electron chi connectivity index (χ3n) is 3.23. The highest BCUT2D eigenvalue weighted by molar-refractivity contribution is 5.86. The monoisotopic (exact) mass is 286 g/mol. The van der Waals surface area contributed by atoms with E-state index in [0.717, 1.165) is 0 Å². The Labute approximate surface area is 112 Å². The van der Waals surface area contributed by atoms with Gasteiger partial charge >= 0.3 is 0 Å². The average Bonchev–Trinajstić information content (AvgIpc) is 2.93. The van der Waals surface area contributed by atoms with E-state index in [0.29, 0.717) is 0 Å². The summed E-state index contributed by atoms with van der Waals surface area (Å²) in [4.78, 5) is 3.65. The molecule has 0 saturated carbocycles. The van der Waals surface area contributed by atoms with E-state index in [4.69, 9.17) is 15.6 Å². The minimum Gasteiger partial charge on any atom is -0.394 e. The van der Waals surface area contributed by atoms with Crippen LogP contribution in [0, 0.1) is 0 Å². The lowest BCUT2D eigenvalue weighted by molar-refractivity contribution is -0.0261. The van der Waals surface area contributed by atoms with Gasteiger partial charge in [-0.15, -0.1) is 10.2 Å². The molecule has 1 fully saturated rings. The first-order chi connectivity index (χ1) is 9.52. The zero-order valence-corrected chi connectivity index (χ0v) is 10.2. The van der Waals surface area contributed by atoms with E-state index in [-0.39, 0.29) is 17.6 Å². The molecule has 2 aliphatic rings. The Morgan fingerprint density at radius 2 is 1.90 bits per heavy atom. The average molecular weight is 286 g/mol. The summed E-state index contributed by atoms with van der Waals surface area (Å²) < 4.78 is 6.57. The molecule has 5 atom stereocenters. The number of rotatable bonds is 2. The van der Waals surface area contributed by atoms with Gasteiger partial charge in [-0.1, -0.05) is 0 Å². The van der Waals surface area contributed by atoms with E-state index in [9.17, 15) is 15.3 Å². The van der Waals surface area contributed by atoms with Crippen molar-refractivity contribution in [2.45, 2.75) is 30.6 Å². The zero-order valence-electron chi connectivity index (χ0n) is 10.2. The fourth-order valence-electron chi connectivity index (χ4n) is 2.22. The topological polar surface area (TPSA) is 171 Å². The molecule has 0 aromatic carbocycles. The van der Waals surface area contributed by atoms with E-state index < -0.39 is 37.3 Å². The molecule has 11 nitrogen and oxygen atoms in total. The lowest BCUT2D eigenvalue weighted by atomic mass is 10.1. The van der Waals surface area contributed by atoms with Crippen LogP contribution in [0.2, 0.25) is 0 Å². The molecule has 0 spiro atoms. The molecule has 3 rings (SSSR count). The number of fused-ring (bicyclic) bond motifs is 1. The van der Waals surface area contributed by atoms with Gasteiger partial charge in [0, 0.05) is 0 Å². The van der Waals surface area contributed by atoms with E-state index in [1.807, 2.05) is 0 Å². The van der Waals surface area contributed by atoms with Crippen LogP contribution in [-0.2, 0) is 4.74 Å². The van der Waals surface area contributed by atoms with Crippen molar-refractivity contribution in [3.8, 4) is 0 Å². The zero-order chi connectivity index (χ0) is 14.4. The van der Waals surface area contributed by atoms with Crippen LogP contribution in [0.3, 0.4) is 0 Å². The predicted octanol–water partition coefficient (Wildman–Crippen LogP) is -3.71. The number of aliphatic hydroxyl groups is 4. The Hall–Kier alpha value is -1.79. The second-order valence-corrected chi connectivity index (χ2v) is 4.51. The van der Waals surface area contributed by atoms with Gasteiger partial charge in [-0.3, -0.25) is 5.43 Å². The molecule has 7 N–H and O–H groups in total. The molecule has 1 saturated heterocycles. The molecule has 1 unspecified atom stereocenters. The molecule has 2 aliphatic heterocycles. The second kappa shape index (κ2) is 4.64. The molecule has 20 heavy (non-hydrogen) atoms. The number of nitrogens with one attached hydrogen (secondary N) is 1. The Morgan fingerprint density at radius 1 is 1.20 bits per heavy atom. The van der Waals surface area contributed by atoms with Crippen LogP contribution in [0.5, 0.6) is 0 Å². The summed E-state index contributed by atoms with van der Waals surface area (Å²) in [6.07, 6.45) is -5.77. The van der Waals surface area contributed by atoms with Crippen LogP contribution in [0.1, 0.15) is 24.0 Å². The summed E-state index contributed by atoms with van der Waals surface area (Å²) in [5.74, 6) is 0.129. The van der Waals surface area contributed by atoms with Crippen LogP contribution >= 0.6 is 0 Å². The fraction of sp³-hybridized carbons (Fsp3) is 0.667. The van der Waals surface area contributed by atoms with Crippen LogP contribution in [-0.4, -0.2) is 66.2 Å². The van der Waals surface area contributed by atoms with Crippen molar-refractivity contribution < 1.29 is 25.2 Å². The number of aliphatic imine (C=N–C) groups is 1. The first kappa shape index (κ1) is 13.2. The molecular weight excluding hydrogens is 272 g/mol. The quantitative estimate of drug-likeness (QED) is 0.320. The van der Waals surface area contributed by atoms with Gasteiger partial charge < -0.3 is 30.9 Å². The van der Waals surface area contributed by atoms with E-state index in [2.05, 4.69) is 20.6 Å². The first-order valence-electron chi connectivity index (χ1n) is 5.89. The standard InChI is InChI=1S/C9H14N6O5/c10-9-11-8(19)7-13-12-6(15(7)14-9)5-4(18)3(17)2(1-16)20-5/h2-5,8,16-19H,1H2,(H3,10,11,14)/t2-,3-,4-,5-,8?/m1/s1. The van der Waals surface area contributed by atoms with Gasteiger partial charge in [0.25, 0.3) is 0 Å². The summed E-state index contributed by atoms with van der Waals surface area (Å²) in [7, 11) is 0. The van der Waals surface area contributed by atoms with Gasteiger partial charge in [-0.05, 0) is 0 Å². The number of nitrogens with zero attached hydrogens (tertiary/aromatic N) is 4. The molecule has 1 aromatic rings. The highest BCUT2D eigenvalue weighted by atomic mass is 16.6. The van der Waals surface area contributed by atoms with E-state index in [1.165, 1.54) is 4.68 Å². The molecular formula is C9H14N6O5.